The Labute approximate surface area is 193 Å². The molecule has 0 aromatic carbocycles. The third-order valence-corrected chi connectivity index (χ3v) is 6.92. The van der Waals surface area contributed by atoms with Crippen LogP contribution < -0.4 is 0 Å². The van der Waals surface area contributed by atoms with Gasteiger partial charge in [0.2, 0.25) is 0 Å². The van der Waals surface area contributed by atoms with Crippen LogP contribution in [-0.4, -0.2) is 0 Å². The van der Waals surface area contributed by atoms with Crippen molar-refractivity contribution in [3.8, 4) is 0 Å². The van der Waals surface area contributed by atoms with E-state index in [1.54, 1.807) is 0 Å². The highest BCUT2D eigenvalue weighted by atomic mass is 14.1. The van der Waals surface area contributed by atoms with Crippen LogP contribution in [0, 0.1) is 5.92 Å². The van der Waals surface area contributed by atoms with Gasteiger partial charge in [-0.05, 0) is 25.2 Å². The molecule has 1 atom stereocenters. The lowest BCUT2D eigenvalue weighted by Crippen LogP contribution is -1.99. The fraction of sp³-hybridized carbons (Fsp3) is 0.933. The van der Waals surface area contributed by atoms with E-state index >= 15 is 0 Å². The Hall–Kier alpha value is -0.260. The maximum atomic E-state index is 2.41. The van der Waals surface area contributed by atoms with Crippen molar-refractivity contribution >= 4 is 0 Å². The van der Waals surface area contributed by atoms with E-state index in [0.29, 0.717) is 0 Å². The van der Waals surface area contributed by atoms with Crippen molar-refractivity contribution in [1.29, 1.82) is 0 Å². The van der Waals surface area contributed by atoms with Crippen LogP contribution in [0.2, 0.25) is 0 Å². The van der Waals surface area contributed by atoms with Gasteiger partial charge in [0.1, 0.15) is 0 Å². The van der Waals surface area contributed by atoms with E-state index in [9.17, 15) is 0 Å². The lowest BCUT2D eigenvalue weighted by Gasteiger charge is -2.14. The molecule has 0 nitrogen and oxygen atoms in total. The van der Waals surface area contributed by atoms with Crippen molar-refractivity contribution in [3.63, 3.8) is 0 Å². The molecule has 0 heterocycles. The Morgan fingerprint density at radius 2 is 0.767 bits per heavy atom. The van der Waals surface area contributed by atoms with Crippen LogP contribution in [-0.2, 0) is 0 Å². The van der Waals surface area contributed by atoms with Crippen molar-refractivity contribution in [3.05, 3.63) is 12.2 Å². The van der Waals surface area contributed by atoms with Crippen molar-refractivity contribution in [2.24, 2.45) is 5.92 Å². The lowest BCUT2D eigenvalue weighted by molar-refractivity contribution is 0.392. The molecule has 0 aromatic rings. The summed E-state index contributed by atoms with van der Waals surface area (Å²) in [5.74, 6) is 1.02. The van der Waals surface area contributed by atoms with Crippen LogP contribution in [0.1, 0.15) is 175 Å². The number of hydrogen-bond acceptors (Lipinski definition) is 0. The number of allylic oxidation sites excluding steroid dienone is 2. The average Bonchev–Trinajstić information content (AvgIpc) is 2.76. The molecule has 1 unspecified atom stereocenters. The van der Waals surface area contributed by atoms with Gasteiger partial charge in [0.15, 0.2) is 0 Å². The summed E-state index contributed by atoms with van der Waals surface area (Å²) >= 11 is 0. The molecule has 180 valence electrons. The summed E-state index contributed by atoms with van der Waals surface area (Å²) in [7, 11) is 0. The quantitative estimate of drug-likeness (QED) is 0.102. The predicted octanol–water partition coefficient (Wildman–Crippen LogP) is 11.6. The van der Waals surface area contributed by atoms with Gasteiger partial charge in [-0.1, -0.05) is 168 Å². The average molecular weight is 421 g/mol. The predicted molar refractivity (Wildman–Crippen MR) is 140 cm³/mol. The van der Waals surface area contributed by atoms with Gasteiger partial charge < -0.3 is 0 Å². The van der Waals surface area contributed by atoms with Crippen LogP contribution in [0.4, 0.5) is 0 Å². The molecule has 0 saturated heterocycles. The highest BCUT2D eigenvalue weighted by Crippen LogP contribution is 2.22. The zero-order valence-electron chi connectivity index (χ0n) is 21.7. The van der Waals surface area contributed by atoms with E-state index in [1.807, 2.05) is 0 Å². The Morgan fingerprint density at radius 3 is 1.20 bits per heavy atom. The van der Waals surface area contributed by atoms with Crippen molar-refractivity contribution in [2.45, 2.75) is 175 Å². The third-order valence-electron chi connectivity index (χ3n) is 6.92. The monoisotopic (exact) mass is 420 g/mol. The van der Waals surface area contributed by atoms with Crippen molar-refractivity contribution < 1.29 is 0 Å². The molecule has 0 rings (SSSR count). The fourth-order valence-electron chi connectivity index (χ4n) is 4.61. The topological polar surface area (TPSA) is 0 Å². The molecule has 0 fully saturated rings. The Bertz CT molecular complexity index is 316. The van der Waals surface area contributed by atoms with Crippen molar-refractivity contribution in [1.82, 2.24) is 0 Å². The smallest absolute Gasteiger partial charge is 0.0351 e. The van der Waals surface area contributed by atoms with E-state index in [0.717, 1.165) is 5.92 Å². The Balaban J connectivity index is 3.26. The molecular weight excluding hydrogens is 360 g/mol. The first-order chi connectivity index (χ1) is 14.8. The Morgan fingerprint density at radius 1 is 0.400 bits per heavy atom. The minimum atomic E-state index is 1.02. The largest absolute Gasteiger partial charge is 0.0885 e. The van der Waals surface area contributed by atoms with Crippen LogP contribution in [0.5, 0.6) is 0 Å². The summed E-state index contributed by atoms with van der Waals surface area (Å²) in [6.07, 6.45) is 39.3. The molecular formula is C30H60. The minimum absolute atomic E-state index is 1.02. The van der Waals surface area contributed by atoms with Crippen molar-refractivity contribution in [2.75, 3.05) is 0 Å². The zero-order valence-corrected chi connectivity index (χ0v) is 21.7. The van der Waals surface area contributed by atoms with Gasteiger partial charge in [-0.2, -0.15) is 0 Å². The molecule has 0 spiro atoms. The maximum Gasteiger partial charge on any atom is -0.0351 e. The van der Waals surface area contributed by atoms with E-state index < -0.39 is 0 Å². The highest BCUT2D eigenvalue weighted by Gasteiger charge is 2.05. The van der Waals surface area contributed by atoms with E-state index in [1.165, 1.54) is 154 Å². The first-order valence-corrected chi connectivity index (χ1v) is 14.5. The van der Waals surface area contributed by atoms with Gasteiger partial charge in [0.25, 0.3) is 0 Å². The number of hydrogen-bond donors (Lipinski definition) is 0. The Kier molecular flexibility index (Phi) is 26.5. The standard InChI is InChI=1S/C30H60/c1-4-7-9-11-13-14-15-16-17-18-19-20-21-23-25-27-29-30(6-3)28-26-24-22-12-10-8-5-2/h11,13,30H,4-10,12,14-29H2,1-3H3. The summed E-state index contributed by atoms with van der Waals surface area (Å²) in [5.41, 5.74) is 0. The molecule has 30 heavy (non-hydrogen) atoms. The van der Waals surface area contributed by atoms with E-state index in [2.05, 4.69) is 32.9 Å². The maximum absolute atomic E-state index is 2.41. The molecule has 0 aliphatic rings. The molecule has 0 aromatic heterocycles. The van der Waals surface area contributed by atoms with Crippen LogP contribution >= 0.6 is 0 Å². The third kappa shape index (κ3) is 24.0. The van der Waals surface area contributed by atoms with Gasteiger partial charge >= 0.3 is 0 Å². The number of unbranched alkanes of at least 4 members (excludes halogenated alkanes) is 18. The minimum Gasteiger partial charge on any atom is -0.0885 e. The first kappa shape index (κ1) is 29.7. The fourth-order valence-corrected chi connectivity index (χ4v) is 4.61. The van der Waals surface area contributed by atoms with E-state index in [4.69, 9.17) is 0 Å². The highest BCUT2D eigenvalue weighted by molar-refractivity contribution is 4.81. The second-order valence-corrected chi connectivity index (χ2v) is 9.91. The summed E-state index contributed by atoms with van der Waals surface area (Å²) in [6.45, 7) is 6.99. The van der Waals surface area contributed by atoms with Gasteiger partial charge in [0, 0.05) is 0 Å². The summed E-state index contributed by atoms with van der Waals surface area (Å²) in [5, 5.41) is 0. The molecule has 0 bridgehead atoms. The first-order valence-electron chi connectivity index (χ1n) is 14.5. The van der Waals surface area contributed by atoms with Crippen LogP contribution in [0.15, 0.2) is 12.2 Å². The van der Waals surface area contributed by atoms with Gasteiger partial charge in [-0.15, -0.1) is 0 Å². The normalized spacial score (nSPS) is 12.8. The van der Waals surface area contributed by atoms with Crippen LogP contribution in [0.25, 0.3) is 0 Å². The molecule has 0 amide bonds. The number of rotatable bonds is 25. The SMILES string of the molecule is CCCCC=CCCCCCCCCCCCCC(CC)CCCCCCCCC. The zero-order chi connectivity index (χ0) is 22.0. The molecule has 0 saturated carbocycles. The second kappa shape index (κ2) is 26.8. The summed E-state index contributed by atoms with van der Waals surface area (Å²) in [6, 6.07) is 0. The van der Waals surface area contributed by atoms with E-state index in [-0.39, 0.29) is 0 Å². The lowest BCUT2D eigenvalue weighted by atomic mass is 9.92. The second-order valence-electron chi connectivity index (χ2n) is 9.91. The molecule has 0 aliphatic heterocycles. The van der Waals surface area contributed by atoms with Gasteiger partial charge in [-0.25, -0.2) is 0 Å². The van der Waals surface area contributed by atoms with Gasteiger partial charge in [0.05, 0.1) is 0 Å². The summed E-state index contributed by atoms with van der Waals surface area (Å²) < 4.78 is 0. The van der Waals surface area contributed by atoms with Gasteiger partial charge in [-0.3, -0.25) is 0 Å². The molecule has 0 radical (unpaired) electrons. The summed E-state index contributed by atoms with van der Waals surface area (Å²) in [4.78, 5) is 0. The molecule has 0 N–H and O–H groups in total. The molecule has 0 aliphatic carbocycles. The molecule has 0 heteroatoms. The van der Waals surface area contributed by atoms with Crippen LogP contribution in [0.3, 0.4) is 0 Å².